The number of nitrogens with one attached hydrogen (secondary N) is 1. The Morgan fingerprint density at radius 1 is 1.24 bits per heavy atom. The first-order valence-electron chi connectivity index (χ1n) is 8.82. The molecule has 7 nitrogen and oxygen atoms in total. The van der Waals surface area contributed by atoms with Crippen LogP contribution in [0.1, 0.15) is 6.92 Å². The lowest BCUT2D eigenvalue weighted by Gasteiger charge is -2.16. The van der Waals surface area contributed by atoms with E-state index in [1.54, 1.807) is 43.6 Å². The molecule has 150 valence electrons. The summed E-state index contributed by atoms with van der Waals surface area (Å²) < 4.78 is 6.87. The Kier molecular flexibility index (Phi) is 6.85. The molecule has 0 aliphatic heterocycles. The van der Waals surface area contributed by atoms with Crippen molar-refractivity contribution in [2.24, 2.45) is 0 Å². The third-order valence-electron chi connectivity index (χ3n) is 4.01. The van der Waals surface area contributed by atoms with Crippen LogP contribution >= 0.6 is 23.2 Å². The van der Waals surface area contributed by atoms with Crippen LogP contribution in [0.4, 0.5) is 0 Å². The summed E-state index contributed by atoms with van der Waals surface area (Å²) in [6.07, 6.45) is 2.55. The number of aromatic nitrogens is 3. The van der Waals surface area contributed by atoms with E-state index in [4.69, 9.17) is 27.9 Å². The van der Waals surface area contributed by atoms with Crippen molar-refractivity contribution >= 4 is 29.1 Å². The van der Waals surface area contributed by atoms with Crippen LogP contribution in [0.2, 0.25) is 10.0 Å². The van der Waals surface area contributed by atoms with Gasteiger partial charge < -0.3 is 10.1 Å². The van der Waals surface area contributed by atoms with Crippen molar-refractivity contribution in [3.05, 3.63) is 75.3 Å². The van der Waals surface area contributed by atoms with Crippen molar-refractivity contribution < 1.29 is 9.53 Å². The molecule has 1 N–H and O–H groups in total. The second kappa shape index (κ2) is 9.54. The zero-order valence-electron chi connectivity index (χ0n) is 15.5. The van der Waals surface area contributed by atoms with Crippen LogP contribution in [0.25, 0.3) is 11.3 Å². The molecule has 0 unspecified atom stereocenters. The molecule has 2 heterocycles. The molecule has 29 heavy (non-hydrogen) atoms. The molecule has 0 saturated carbocycles. The van der Waals surface area contributed by atoms with Crippen molar-refractivity contribution in [1.29, 1.82) is 0 Å². The number of benzene rings is 1. The second-order valence-electron chi connectivity index (χ2n) is 6.15. The van der Waals surface area contributed by atoms with Crippen LogP contribution in [0.5, 0.6) is 5.75 Å². The molecule has 0 spiro atoms. The Morgan fingerprint density at radius 3 is 2.79 bits per heavy atom. The minimum atomic E-state index is -0.778. The molecule has 1 aromatic carbocycles. The highest BCUT2D eigenvalue weighted by Gasteiger charge is 2.16. The van der Waals surface area contributed by atoms with Gasteiger partial charge >= 0.3 is 0 Å². The lowest BCUT2D eigenvalue weighted by Crippen LogP contribution is -2.39. The summed E-state index contributed by atoms with van der Waals surface area (Å²) in [7, 11) is 0. The molecular weight excluding hydrogens is 415 g/mol. The van der Waals surface area contributed by atoms with Gasteiger partial charge in [0.05, 0.1) is 17.3 Å². The smallest absolute Gasteiger partial charge is 0.266 e. The predicted molar refractivity (Wildman–Crippen MR) is 111 cm³/mol. The molecule has 0 bridgehead atoms. The number of ether oxygens (including phenoxy) is 1. The van der Waals surface area contributed by atoms with Crippen LogP contribution in [0.15, 0.2) is 59.7 Å². The largest absolute Gasteiger partial charge is 0.479 e. The molecule has 1 atom stereocenters. The van der Waals surface area contributed by atoms with Gasteiger partial charge in [0, 0.05) is 35.6 Å². The number of hydrogen-bond donors (Lipinski definition) is 1. The monoisotopic (exact) mass is 432 g/mol. The van der Waals surface area contributed by atoms with Gasteiger partial charge in [-0.1, -0.05) is 23.2 Å². The van der Waals surface area contributed by atoms with E-state index in [1.165, 1.54) is 16.8 Å². The number of pyridine rings is 1. The van der Waals surface area contributed by atoms with E-state index in [2.05, 4.69) is 15.4 Å². The Morgan fingerprint density at radius 2 is 2.07 bits per heavy atom. The number of carbonyl (C=O) groups excluding carboxylic acids is 1. The lowest BCUT2D eigenvalue weighted by molar-refractivity contribution is -0.127. The van der Waals surface area contributed by atoms with E-state index >= 15 is 0 Å². The van der Waals surface area contributed by atoms with Gasteiger partial charge in [-0.25, -0.2) is 4.68 Å². The van der Waals surface area contributed by atoms with Gasteiger partial charge in [0.15, 0.2) is 6.10 Å². The molecule has 3 rings (SSSR count). The van der Waals surface area contributed by atoms with Crippen molar-refractivity contribution in [3.63, 3.8) is 0 Å². The molecule has 0 saturated heterocycles. The first kappa shape index (κ1) is 20.8. The summed E-state index contributed by atoms with van der Waals surface area (Å²) in [5, 5.41) is 7.84. The van der Waals surface area contributed by atoms with E-state index in [0.717, 1.165) is 5.56 Å². The van der Waals surface area contributed by atoms with Gasteiger partial charge in [-0.05, 0) is 43.3 Å². The molecule has 9 heteroatoms. The van der Waals surface area contributed by atoms with Gasteiger partial charge in [-0.15, -0.1) is 0 Å². The van der Waals surface area contributed by atoms with E-state index in [0.29, 0.717) is 21.5 Å². The highest BCUT2D eigenvalue weighted by atomic mass is 35.5. The van der Waals surface area contributed by atoms with E-state index in [1.807, 2.05) is 6.07 Å². The Bertz CT molecular complexity index is 1060. The van der Waals surface area contributed by atoms with Gasteiger partial charge in [-0.2, -0.15) is 5.10 Å². The standard InChI is InChI=1S/C20H18Cl2N4O3/c1-13(29-18-6-4-15(21)11-16(18)22)20(28)24-9-10-26-19(27)7-5-17(25-26)14-3-2-8-23-12-14/h2-8,11-13H,9-10H2,1H3,(H,24,28)/t13-/m0/s1. The average Bonchev–Trinajstić information content (AvgIpc) is 2.72. The Labute approximate surface area is 177 Å². The van der Waals surface area contributed by atoms with Gasteiger partial charge in [0.1, 0.15) is 5.75 Å². The fourth-order valence-electron chi connectivity index (χ4n) is 2.52. The SMILES string of the molecule is C[C@H](Oc1ccc(Cl)cc1Cl)C(=O)NCCn1nc(-c2cccnc2)ccc1=O. The number of nitrogens with zero attached hydrogens (tertiary/aromatic N) is 3. The third-order valence-corrected chi connectivity index (χ3v) is 4.54. The van der Waals surface area contributed by atoms with Crippen LogP contribution in [0.3, 0.4) is 0 Å². The highest BCUT2D eigenvalue weighted by Crippen LogP contribution is 2.28. The Balaban J connectivity index is 1.58. The van der Waals surface area contributed by atoms with Gasteiger partial charge in [0.25, 0.3) is 11.5 Å². The third kappa shape index (κ3) is 5.56. The zero-order chi connectivity index (χ0) is 20.8. The van der Waals surface area contributed by atoms with Crippen molar-refractivity contribution in [2.45, 2.75) is 19.6 Å². The topological polar surface area (TPSA) is 86.1 Å². The minimum absolute atomic E-state index is 0.213. The van der Waals surface area contributed by atoms with Crippen LogP contribution < -0.4 is 15.6 Å². The normalized spacial score (nSPS) is 11.7. The maximum absolute atomic E-state index is 12.3. The summed E-state index contributed by atoms with van der Waals surface area (Å²) >= 11 is 11.9. The summed E-state index contributed by atoms with van der Waals surface area (Å²) in [5.74, 6) is 0.0215. The highest BCUT2D eigenvalue weighted by molar-refractivity contribution is 6.35. The van der Waals surface area contributed by atoms with E-state index < -0.39 is 6.10 Å². The zero-order valence-corrected chi connectivity index (χ0v) is 17.0. The molecule has 0 fully saturated rings. The molecular formula is C20H18Cl2N4O3. The van der Waals surface area contributed by atoms with Crippen LogP contribution in [0, 0.1) is 0 Å². The van der Waals surface area contributed by atoms with Crippen LogP contribution in [-0.2, 0) is 11.3 Å². The van der Waals surface area contributed by atoms with E-state index in [-0.39, 0.29) is 24.6 Å². The lowest BCUT2D eigenvalue weighted by atomic mass is 10.2. The summed E-state index contributed by atoms with van der Waals surface area (Å²) in [6, 6.07) is 11.5. The molecule has 2 aromatic heterocycles. The number of halogens is 2. The number of carbonyl (C=O) groups is 1. The first-order chi connectivity index (χ1) is 13.9. The van der Waals surface area contributed by atoms with Crippen molar-refractivity contribution in [1.82, 2.24) is 20.1 Å². The fourth-order valence-corrected chi connectivity index (χ4v) is 2.97. The summed E-state index contributed by atoms with van der Waals surface area (Å²) in [4.78, 5) is 28.4. The maximum atomic E-state index is 12.3. The molecule has 3 aromatic rings. The first-order valence-corrected chi connectivity index (χ1v) is 9.57. The van der Waals surface area contributed by atoms with Crippen molar-refractivity contribution in [2.75, 3.05) is 6.54 Å². The second-order valence-corrected chi connectivity index (χ2v) is 6.99. The number of rotatable bonds is 7. The molecule has 0 aliphatic carbocycles. The summed E-state index contributed by atoms with van der Waals surface area (Å²) in [5.41, 5.74) is 1.16. The minimum Gasteiger partial charge on any atom is -0.479 e. The molecule has 0 radical (unpaired) electrons. The van der Waals surface area contributed by atoms with E-state index in [9.17, 15) is 9.59 Å². The van der Waals surface area contributed by atoms with Crippen molar-refractivity contribution in [3.8, 4) is 17.0 Å². The van der Waals surface area contributed by atoms with Gasteiger partial charge in [-0.3, -0.25) is 14.6 Å². The van der Waals surface area contributed by atoms with Crippen LogP contribution in [-0.4, -0.2) is 33.3 Å². The fraction of sp³-hybridized carbons (Fsp3) is 0.200. The quantitative estimate of drug-likeness (QED) is 0.619. The average molecular weight is 433 g/mol. The molecule has 1 amide bonds. The number of hydrogen-bond acceptors (Lipinski definition) is 5. The summed E-state index contributed by atoms with van der Waals surface area (Å²) in [6.45, 7) is 2.03. The maximum Gasteiger partial charge on any atom is 0.266 e. The number of amides is 1. The Hall–Kier alpha value is -2.90. The molecule has 0 aliphatic rings. The predicted octanol–water partition coefficient (Wildman–Crippen LogP) is 3.20. The van der Waals surface area contributed by atoms with Gasteiger partial charge in [0.2, 0.25) is 0 Å².